The summed E-state index contributed by atoms with van der Waals surface area (Å²) >= 11 is 6.32. The molecule has 0 unspecified atom stereocenters. The second kappa shape index (κ2) is 5.06. The van der Waals surface area contributed by atoms with Gasteiger partial charge in [-0.1, -0.05) is 23.7 Å². The van der Waals surface area contributed by atoms with Crippen molar-refractivity contribution in [1.82, 2.24) is 9.97 Å². The predicted octanol–water partition coefficient (Wildman–Crippen LogP) is 4.10. The van der Waals surface area contributed by atoms with Gasteiger partial charge in [-0.3, -0.25) is 0 Å². The van der Waals surface area contributed by atoms with Crippen LogP contribution in [0.5, 0.6) is 5.75 Å². The van der Waals surface area contributed by atoms with Crippen LogP contribution in [-0.2, 0) is 0 Å². The average Bonchev–Trinajstić information content (AvgIpc) is 2.48. The summed E-state index contributed by atoms with van der Waals surface area (Å²) in [5, 5.41) is 0.961. The lowest BCUT2D eigenvalue weighted by Gasteiger charge is -2.10. The number of hydrogen-bond donors (Lipinski definition) is 0. The Morgan fingerprint density at radius 3 is 2.65 bits per heavy atom. The van der Waals surface area contributed by atoms with E-state index in [1.165, 1.54) is 19.5 Å². The molecule has 1 heterocycles. The number of nitrogens with zero attached hydrogens (tertiary/aromatic N) is 2. The Hall–Kier alpha value is -2.20. The Bertz CT molecular complexity index is 792. The van der Waals surface area contributed by atoms with E-state index in [1.807, 2.05) is 0 Å². The fourth-order valence-electron chi connectivity index (χ4n) is 2.11. The highest BCUT2D eigenvalue weighted by molar-refractivity contribution is 6.37. The third kappa shape index (κ3) is 1.98. The third-order valence-electron chi connectivity index (χ3n) is 3.05. The van der Waals surface area contributed by atoms with E-state index >= 15 is 0 Å². The monoisotopic (exact) mass is 288 g/mol. The zero-order valence-corrected chi connectivity index (χ0v) is 11.4. The molecule has 0 aliphatic rings. The van der Waals surface area contributed by atoms with Crippen LogP contribution in [-0.4, -0.2) is 17.1 Å². The summed E-state index contributed by atoms with van der Waals surface area (Å²) in [7, 11) is 1.53. The van der Waals surface area contributed by atoms with Gasteiger partial charge in [-0.15, -0.1) is 0 Å². The lowest BCUT2D eigenvalue weighted by molar-refractivity contribution is 0.415. The van der Waals surface area contributed by atoms with E-state index in [1.54, 1.807) is 30.3 Å². The molecule has 0 saturated carbocycles. The first-order valence-electron chi connectivity index (χ1n) is 5.94. The molecule has 0 radical (unpaired) electrons. The summed E-state index contributed by atoms with van der Waals surface area (Å²) in [5.74, 6) is 0.151. The molecule has 0 bridgehead atoms. The van der Waals surface area contributed by atoms with Gasteiger partial charge in [0.1, 0.15) is 17.9 Å². The van der Waals surface area contributed by atoms with Crippen molar-refractivity contribution in [3.8, 4) is 17.0 Å². The topological polar surface area (TPSA) is 35.0 Å². The van der Waals surface area contributed by atoms with Crippen molar-refractivity contribution >= 4 is 22.5 Å². The average molecular weight is 289 g/mol. The smallest absolute Gasteiger partial charge is 0.138 e. The highest BCUT2D eigenvalue weighted by Gasteiger charge is 2.15. The van der Waals surface area contributed by atoms with Gasteiger partial charge in [0.2, 0.25) is 0 Å². The van der Waals surface area contributed by atoms with Gasteiger partial charge in [-0.2, -0.15) is 0 Å². The van der Waals surface area contributed by atoms with Gasteiger partial charge in [0, 0.05) is 10.9 Å². The SMILES string of the molecule is COc1ccc2ncnc(-c3ccccc3F)c2c1Cl. The molecule has 0 saturated heterocycles. The van der Waals surface area contributed by atoms with E-state index in [4.69, 9.17) is 16.3 Å². The standard InChI is InChI=1S/C15H10ClFN2O/c1-20-12-7-6-11-13(14(12)16)15(19-8-18-11)9-4-2-3-5-10(9)17/h2-8H,1H3. The number of fused-ring (bicyclic) bond motifs is 1. The van der Waals surface area contributed by atoms with Crippen LogP contribution in [0.2, 0.25) is 5.02 Å². The molecule has 0 N–H and O–H groups in total. The number of benzene rings is 2. The van der Waals surface area contributed by atoms with Crippen molar-refractivity contribution in [2.24, 2.45) is 0 Å². The number of rotatable bonds is 2. The molecular formula is C15H10ClFN2O. The first-order chi connectivity index (χ1) is 9.72. The number of ether oxygens (including phenoxy) is 1. The molecule has 20 heavy (non-hydrogen) atoms. The van der Waals surface area contributed by atoms with Gasteiger partial charge in [-0.25, -0.2) is 14.4 Å². The maximum absolute atomic E-state index is 14.0. The number of hydrogen-bond acceptors (Lipinski definition) is 3. The van der Waals surface area contributed by atoms with Crippen LogP contribution in [0, 0.1) is 5.82 Å². The maximum Gasteiger partial charge on any atom is 0.138 e. The fourth-order valence-corrected chi connectivity index (χ4v) is 2.43. The molecule has 5 heteroatoms. The molecule has 1 aromatic heterocycles. The molecule has 2 aromatic carbocycles. The van der Waals surface area contributed by atoms with Gasteiger partial charge < -0.3 is 4.74 Å². The third-order valence-corrected chi connectivity index (χ3v) is 3.43. The largest absolute Gasteiger partial charge is 0.495 e. The molecular weight excluding hydrogens is 279 g/mol. The zero-order valence-electron chi connectivity index (χ0n) is 10.6. The van der Waals surface area contributed by atoms with Crippen LogP contribution >= 0.6 is 11.6 Å². The number of aromatic nitrogens is 2. The maximum atomic E-state index is 14.0. The van der Waals surface area contributed by atoms with E-state index in [-0.39, 0.29) is 5.82 Å². The Morgan fingerprint density at radius 2 is 1.90 bits per heavy atom. The number of methoxy groups -OCH3 is 1. The molecule has 3 rings (SSSR count). The van der Waals surface area contributed by atoms with Crippen molar-refractivity contribution in [1.29, 1.82) is 0 Å². The molecule has 3 nitrogen and oxygen atoms in total. The van der Waals surface area contributed by atoms with Gasteiger partial charge in [0.15, 0.2) is 0 Å². The highest BCUT2D eigenvalue weighted by Crippen LogP contribution is 2.37. The minimum Gasteiger partial charge on any atom is -0.495 e. The summed E-state index contributed by atoms with van der Waals surface area (Å²) in [5.41, 5.74) is 1.48. The van der Waals surface area contributed by atoms with Crippen LogP contribution in [0.3, 0.4) is 0 Å². The fraction of sp³-hybridized carbons (Fsp3) is 0.0667. The van der Waals surface area contributed by atoms with Crippen molar-refractivity contribution < 1.29 is 9.13 Å². The summed E-state index contributed by atoms with van der Waals surface area (Å²) < 4.78 is 19.2. The Labute approximate surface area is 120 Å². The van der Waals surface area contributed by atoms with Gasteiger partial charge in [0.25, 0.3) is 0 Å². The lowest BCUT2D eigenvalue weighted by atomic mass is 10.1. The Balaban J connectivity index is 2.39. The molecule has 0 spiro atoms. The van der Waals surface area contributed by atoms with Crippen molar-refractivity contribution in [3.05, 3.63) is 53.6 Å². The van der Waals surface area contributed by atoms with Crippen LogP contribution < -0.4 is 4.74 Å². The zero-order chi connectivity index (χ0) is 14.1. The van der Waals surface area contributed by atoms with E-state index in [0.29, 0.717) is 32.9 Å². The molecule has 100 valence electrons. The van der Waals surface area contributed by atoms with Crippen LogP contribution in [0.25, 0.3) is 22.2 Å². The first kappa shape index (κ1) is 12.8. The Morgan fingerprint density at radius 1 is 1.10 bits per heavy atom. The van der Waals surface area contributed by atoms with Crippen LogP contribution in [0.4, 0.5) is 4.39 Å². The molecule has 3 aromatic rings. The quantitative estimate of drug-likeness (QED) is 0.712. The number of halogens is 2. The van der Waals surface area contributed by atoms with Gasteiger partial charge in [0.05, 0.1) is 23.3 Å². The summed E-state index contributed by atoms with van der Waals surface area (Å²) in [4.78, 5) is 8.34. The molecule has 0 aliphatic heterocycles. The molecule has 0 aliphatic carbocycles. The lowest BCUT2D eigenvalue weighted by Crippen LogP contribution is -1.94. The Kier molecular flexibility index (Phi) is 3.24. The minimum atomic E-state index is -0.355. The van der Waals surface area contributed by atoms with Gasteiger partial charge in [-0.05, 0) is 24.3 Å². The van der Waals surface area contributed by atoms with E-state index in [0.717, 1.165) is 0 Å². The minimum absolute atomic E-state index is 0.355. The summed E-state index contributed by atoms with van der Waals surface area (Å²) in [6.07, 6.45) is 1.40. The normalized spacial score (nSPS) is 10.8. The van der Waals surface area contributed by atoms with Gasteiger partial charge >= 0.3 is 0 Å². The predicted molar refractivity (Wildman–Crippen MR) is 76.5 cm³/mol. The van der Waals surface area contributed by atoms with E-state index in [2.05, 4.69) is 9.97 Å². The van der Waals surface area contributed by atoms with Crippen LogP contribution in [0.15, 0.2) is 42.7 Å². The van der Waals surface area contributed by atoms with Crippen molar-refractivity contribution in [2.45, 2.75) is 0 Å². The van der Waals surface area contributed by atoms with Crippen LogP contribution in [0.1, 0.15) is 0 Å². The van der Waals surface area contributed by atoms with Crippen molar-refractivity contribution in [2.75, 3.05) is 7.11 Å². The molecule has 0 atom stereocenters. The van der Waals surface area contributed by atoms with E-state index < -0.39 is 0 Å². The highest BCUT2D eigenvalue weighted by atomic mass is 35.5. The van der Waals surface area contributed by atoms with Crippen molar-refractivity contribution in [3.63, 3.8) is 0 Å². The van der Waals surface area contributed by atoms with E-state index in [9.17, 15) is 4.39 Å². The molecule has 0 fully saturated rings. The summed E-state index contributed by atoms with van der Waals surface area (Å²) in [6.45, 7) is 0. The molecule has 0 amide bonds. The second-order valence-corrected chi connectivity index (χ2v) is 4.56. The summed E-state index contributed by atoms with van der Waals surface area (Å²) in [6, 6.07) is 9.92. The first-order valence-corrected chi connectivity index (χ1v) is 6.32. The second-order valence-electron chi connectivity index (χ2n) is 4.18.